The zero-order chi connectivity index (χ0) is 19.3. The van der Waals surface area contributed by atoms with Gasteiger partial charge in [0.1, 0.15) is 11.5 Å². The Morgan fingerprint density at radius 3 is 2.46 bits per heavy atom. The van der Waals surface area contributed by atoms with E-state index in [9.17, 15) is 14.4 Å². The maximum absolute atomic E-state index is 12.6. The molecule has 0 saturated carbocycles. The summed E-state index contributed by atoms with van der Waals surface area (Å²) in [5.74, 6) is 0.676. The van der Waals surface area contributed by atoms with Gasteiger partial charge in [0.05, 0.1) is 24.3 Å². The molecule has 0 spiro atoms. The topological polar surface area (TPSA) is 79.5 Å². The lowest BCUT2D eigenvalue weighted by Gasteiger charge is -2.10. The molecular weight excluding hydrogens is 336 g/mol. The number of ether oxygens (including phenoxy) is 2. The molecule has 26 heavy (non-hydrogen) atoms. The van der Waals surface area contributed by atoms with E-state index < -0.39 is 11.2 Å². The van der Waals surface area contributed by atoms with Crippen molar-refractivity contribution >= 4 is 11.9 Å². The largest absolute Gasteiger partial charge is 0.494 e. The number of hydrogen-bond donors (Lipinski definition) is 0. The van der Waals surface area contributed by atoms with Crippen LogP contribution in [0.5, 0.6) is 11.5 Å². The van der Waals surface area contributed by atoms with Crippen LogP contribution in [0.25, 0.3) is 6.08 Å². The minimum atomic E-state index is -0.467. The predicted molar refractivity (Wildman–Crippen MR) is 99.1 cm³/mol. The standard InChI is InChI=1S/C19H22N2O5/c1-5-25-14-8-10-17(26-6-2)15(11-14)16(22)9-7-13-12-20(3)19(24)21(4)18(13)23/h7-12H,5-6H2,1-4H3/b9-7+. The molecule has 2 aromatic rings. The van der Waals surface area contributed by atoms with Gasteiger partial charge in [-0.1, -0.05) is 0 Å². The summed E-state index contributed by atoms with van der Waals surface area (Å²) < 4.78 is 13.2. The molecule has 138 valence electrons. The molecule has 0 radical (unpaired) electrons. The summed E-state index contributed by atoms with van der Waals surface area (Å²) in [7, 11) is 2.93. The molecule has 0 N–H and O–H groups in total. The highest BCUT2D eigenvalue weighted by Crippen LogP contribution is 2.25. The van der Waals surface area contributed by atoms with Gasteiger partial charge in [0, 0.05) is 20.3 Å². The monoisotopic (exact) mass is 358 g/mol. The molecule has 1 heterocycles. The van der Waals surface area contributed by atoms with E-state index >= 15 is 0 Å². The average Bonchev–Trinajstić information content (AvgIpc) is 2.63. The van der Waals surface area contributed by atoms with E-state index in [1.807, 2.05) is 13.8 Å². The SMILES string of the molecule is CCOc1ccc(OCC)c(C(=O)/C=C/c2cn(C)c(=O)n(C)c2=O)c1. The highest BCUT2D eigenvalue weighted by molar-refractivity contribution is 6.08. The highest BCUT2D eigenvalue weighted by Gasteiger charge is 2.12. The Labute approximate surface area is 151 Å². The van der Waals surface area contributed by atoms with Crippen LogP contribution in [0.4, 0.5) is 0 Å². The summed E-state index contributed by atoms with van der Waals surface area (Å²) in [6, 6.07) is 5.03. The van der Waals surface area contributed by atoms with Crippen LogP contribution < -0.4 is 20.7 Å². The van der Waals surface area contributed by atoms with Gasteiger partial charge in [-0.25, -0.2) is 4.79 Å². The number of carbonyl (C=O) groups excluding carboxylic acids is 1. The van der Waals surface area contributed by atoms with Crippen molar-refractivity contribution in [2.45, 2.75) is 13.8 Å². The molecule has 1 aromatic carbocycles. The molecule has 0 bridgehead atoms. The van der Waals surface area contributed by atoms with Crippen molar-refractivity contribution in [3.63, 3.8) is 0 Å². The van der Waals surface area contributed by atoms with Crippen molar-refractivity contribution in [2.75, 3.05) is 13.2 Å². The molecule has 0 unspecified atom stereocenters. The number of allylic oxidation sites excluding steroid dienone is 1. The lowest BCUT2D eigenvalue weighted by atomic mass is 10.1. The van der Waals surface area contributed by atoms with Gasteiger partial charge in [0.15, 0.2) is 5.78 Å². The van der Waals surface area contributed by atoms with Crippen LogP contribution in [0, 0.1) is 0 Å². The summed E-state index contributed by atoms with van der Waals surface area (Å²) in [5.41, 5.74) is -0.315. The number of carbonyl (C=O) groups is 1. The number of aryl methyl sites for hydroxylation is 1. The van der Waals surface area contributed by atoms with Crippen LogP contribution >= 0.6 is 0 Å². The quantitative estimate of drug-likeness (QED) is 0.557. The molecule has 0 amide bonds. The maximum atomic E-state index is 12.6. The number of nitrogens with zero attached hydrogens (tertiary/aromatic N) is 2. The van der Waals surface area contributed by atoms with Crippen molar-refractivity contribution in [2.24, 2.45) is 14.1 Å². The Bertz CT molecular complexity index is 953. The first-order valence-corrected chi connectivity index (χ1v) is 8.27. The minimum Gasteiger partial charge on any atom is -0.494 e. The van der Waals surface area contributed by atoms with Crippen molar-refractivity contribution in [1.82, 2.24) is 9.13 Å². The van der Waals surface area contributed by atoms with Crippen molar-refractivity contribution in [3.05, 3.63) is 62.4 Å². The Kier molecular flexibility index (Phi) is 6.16. The first kappa shape index (κ1) is 19.2. The number of rotatable bonds is 7. The molecule has 2 rings (SSSR count). The third-order valence-corrected chi connectivity index (χ3v) is 3.71. The Balaban J connectivity index is 2.41. The maximum Gasteiger partial charge on any atom is 0.330 e. The van der Waals surface area contributed by atoms with Crippen LogP contribution in [0.15, 0.2) is 40.1 Å². The van der Waals surface area contributed by atoms with Crippen molar-refractivity contribution < 1.29 is 14.3 Å². The Morgan fingerprint density at radius 2 is 1.81 bits per heavy atom. The molecular formula is C19H22N2O5. The smallest absolute Gasteiger partial charge is 0.330 e. The van der Waals surface area contributed by atoms with Crippen LogP contribution in [-0.4, -0.2) is 28.1 Å². The number of aromatic nitrogens is 2. The zero-order valence-electron chi connectivity index (χ0n) is 15.3. The van der Waals surface area contributed by atoms with Crippen LogP contribution in [0.1, 0.15) is 29.8 Å². The second-order valence-electron chi connectivity index (χ2n) is 5.56. The van der Waals surface area contributed by atoms with Crippen LogP contribution in [0.2, 0.25) is 0 Å². The van der Waals surface area contributed by atoms with Gasteiger partial charge in [0.2, 0.25) is 0 Å². The number of ketones is 1. The van der Waals surface area contributed by atoms with E-state index in [4.69, 9.17) is 9.47 Å². The first-order chi connectivity index (χ1) is 12.4. The van der Waals surface area contributed by atoms with Gasteiger partial charge < -0.3 is 14.0 Å². The molecule has 1 aromatic heterocycles. The molecule has 0 atom stereocenters. The van der Waals surface area contributed by atoms with Gasteiger partial charge in [-0.2, -0.15) is 0 Å². The third kappa shape index (κ3) is 4.11. The molecule has 0 aliphatic rings. The highest BCUT2D eigenvalue weighted by atomic mass is 16.5. The number of benzene rings is 1. The second kappa shape index (κ2) is 8.33. The van der Waals surface area contributed by atoms with Gasteiger partial charge in [-0.05, 0) is 44.2 Å². The minimum absolute atomic E-state index is 0.238. The summed E-state index contributed by atoms with van der Waals surface area (Å²) in [6.45, 7) is 4.58. The van der Waals surface area contributed by atoms with Gasteiger partial charge >= 0.3 is 5.69 Å². The van der Waals surface area contributed by atoms with E-state index in [1.54, 1.807) is 25.2 Å². The summed E-state index contributed by atoms with van der Waals surface area (Å²) in [4.78, 5) is 36.5. The third-order valence-electron chi connectivity index (χ3n) is 3.71. The fourth-order valence-corrected chi connectivity index (χ4v) is 2.45. The molecule has 0 fully saturated rings. The van der Waals surface area contributed by atoms with Gasteiger partial charge in [0.25, 0.3) is 5.56 Å². The summed E-state index contributed by atoms with van der Waals surface area (Å²) in [5, 5.41) is 0. The van der Waals surface area contributed by atoms with E-state index in [-0.39, 0.29) is 11.3 Å². The lowest BCUT2D eigenvalue weighted by Crippen LogP contribution is -2.37. The van der Waals surface area contributed by atoms with Gasteiger partial charge in [-0.3, -0.25) is 14.2 Å². The summed E-state index contributed by atoms with van der Waals surface area (Å²) >= 11 is 0. The van der Waals surface area contributed by atoms with Crippen LogP contribution in [0.3, 0.4) is 0 Å². The Hall–Kier alpha value is -3.09. The first-order valence-electron chi connectivity index (χ1n) is 8.27. The number of hydrogen-bond acceptors (Lipinski definition) is 5. The molecule has 0 aliphatic heterocycles. The normalized spacial score (nSPS) is 10.9. The van der Waals surface area contributed by atoms with E-state index in [0.717, 1.165) is 4.57 Å². The summed E-state index contributed by atoms with van der Waals surface area (Å²) in [6.07, 6.45) is 4.08. The fourth-order valence-electron chi connectivity index (χ4n) is 2.45. The zero-order valence-corrected chi connectivity index (χ0v) is 15.3. The van der Waals surface area contributed by atoms with E-state index in [2.05, 4.69) is 0 Å². The second-order valence-corrected chi connectivity index (χ2v) is 5.56. The molecule has 7 heteroatoms. The molecule has 0 saturated heterocycles. The van der Waals surface area contributed by atoms with Crippen LogP contribution in [-0.2, 0) is 14.1 Å². The Morgan fingerprint density at radius 1 is 1.12 bits per heavy atom. The van der Waals surface area contributed by atoms with E-state index in [1.165, 1.54) is 30.0 Å². The van der Waals surface area contributed by atoms with Crippen molar-refractivity contribution in [1.29, 1.82) is 0 Å². The predicted octanol–water partition coefficient (Wildman–Crippen LogP) is 1.78. The lowest BCUT2D eigenvalue weighted by molar-refractivity contribution is 0.104. The fraction of sp³-hybridized carbons (Fsp3) is 0.316. The van der Waals surface area contributed by atoms with E-state index in [0.29, 0.717) is 30.3 Å². The molecule has 7 nitrogen and oxygen atoms in total. The van der Waals surface area contributed by atoms with Crippen molar-refractivity contribution in [3.8, 4) is 11.5 Å². The van der Waals surface area contributed by atoms with Gasteiger partial charge in [-0.15, -0.1) is 0 Å². The average molecular weight is 358 g/mol. The molecule has 0 aliphatic carbocycles.